The summed E-state index contributed by atoms with van der Waals surface area (Å²) in [6.07, 6.45) is 0. The summed E-state index contributed by atoms with van der Waals surface area (Å²) < 4.78 is 0. The first-order valence-corrected chi connectivity index (χ1v) is 3.29. The zero-order valence-electron chi connectivity index (χ0n) is 10.9. The Labute approximate surface area is 192 Å². The minimum absolute atomic E-state index is 0. The van der Waals surface area contributed by atoms with Crippen LogP contribution in [0.1, 0.15) is 0 Å². The fraction of sp³-hybridized carbons (Fsp3) is 0. The van der Waals surface area contributed by atoms with E-state index in [4.69, 9.17) is 91.9 Å². The molecule has 0 N–H and O–H groups in total. The van der Waals surface area contributed by atoms with Gasteiger partial charge in [0.1, 0.15) is 0 Å². The first-order valence-electron chi connectivity index (χ1n) is 3.29. The molecule has 0 spiro atoms. The molecule has 24 nitrogen and oxygen atoms in total. The van der Waals surface area contributed by atoms with Crippen molar-refractivity contribution in [3.05, 3.63) is 91.9 Å². The Morgan fingerprint density at radius 2 is 0.308 bits per heavy atom. The third-order valence-electron chi connectivity index (χ3n) is 0. The fourth-order valence-corrected chi connectivity index (χ4v) is 0. The monoisotopic (exact) mass is 620 g/mol. The first kappa shape index (κ1) is 49.5. The van der Waals surface area contributed by atoms with Gasteiger partial charge in [-0.25, -0.2) is 0 Å². The number of hydrogen-bond acceptors (Lipinski definition) is 18. The van der Waals surface area contributed by atoms with Gasteiger partial charge in [0.25, 0.3) is 0 Å². The Kier molecular flexibility index (Phi) is 82.5. The Morgan fingerprint density at radius 1 is 0.308 bits per heavy atom. The molecule has 0 amide bonds. The summed E-state index contributed by atoms with van der Waals surface area (Å²) in [6, 6.07) is 0. The van der Waals surface area contributed by atoms with Crippen molar-refractivity contribution in [2.75, 3.05) is 0 Å². The number of hydrogen-bond donors (Lipinski definition) is 0. The topological polar surface area (TPSA) is 397 Å². The van der Waals surface area contributed by atoms with Crippen LogP contribution in [0.15, 0.2) is 0 Å². The van der Waals surface area contributed by atoms with Crippen LogP contribution in [0.5, 0.6) is 0 Å². The van der Waals surface area contributed by atoms with E-state index in [2.05, 4.69) is 0 Å². The van der Waals surface area contributed by atoms with Gasteiger partial charge in [0.05, 0.1) is 30.5 Å². The molecule has 0 aliphatic carbocycles. The van der Waals surface area contributed by atoms with Gasteiger partial charge >= 0.3 is 71.3 Å². The number of rotatable bonds is 0. The van der Waals surface area contributed by atoms with Gasteiger partial charge in [0.2, 0.25) is 0 Å². The normalized spacial score (nSPS) is 5.54. The van der Waals surface area contributed by atoms with Gasteiger partial charge < -0.3 is 91.9 Å². The van der Waals surface area contributed by atoms with Crippen molar-refractivity contribution in [2.45, 2.75) is 0 Å². The smallest absolute Gasteiger partial charge is 0.356 e. The molecule has 0 unspecified atom stereocenters. The summed E-state index contributed by atoms with van der Waals surface area (Å²) in [5.74, 6) is 0. The molecule has 0 rings (SSSR count). The van der Waals surface area contributed by atoms with Crippen molar-refractivity contribution in [3.63, 3.8) is 0 Å². The summed E-state index contributed by atoms with van der Waals surface area (Å²) in [5, 5.41) is 88.5. The molecule has 0 aromatic heterocycles. The van der Waals surface area contributed by atoms with Crippen LogP contribution in [0.4, 0.5) is 0 Å². The van der Waals surface area contributed by atoms with Gasteiger partial charge in [-0.05, 0) is 0 Å². The van der Waals surface area contributed by atoms with E-state index in [0.29, 0.717) is 0 Å². The molecular weight excluding hydrogens is 620 g/mol. The van der Waals surface area contributed by atoms with Gasteiger partial charge in [-0.1, -0.05) is 0 Å². The van der Waals surface area contributed by atoms with E-state index in [1.54, 1.807) is 0 Å². The molecule has 0 saturated heterocycles. The van der Waals surface area contributed by atoms with Gasteiger partial charge in [-0.2, -0.15) is 0 Å². The molecule has 26 heteroatoms. The summed E-state index contributed by atoms with van der Waals surface area (Å²) in [6.45, 7) is 0. The summed E-state index contributed by atoms with van der Waals surface area (Å²) in [7, 11) is 0. The zero-order valence-corrected chi connectivity index (χ0v) is 15.9. The van der Waals surface area contributed by atoms with E-state index in [0.717, 1.165) is 0 Å². The molecule has 0 aliphatic rings. The molecule has 26 heavy (non-hydrogen) atoms. The molecule has 0 radical (unpaired) electrons. The largest absolute Gasteiger partial charge is 3.00 e. The molecule has 0 aliphatic heterocycles. The maximum Gasteiger partial charge on any atom is 3.00 e. The summed E-state index contributed by atoms with van der Waals surface area (Å²) >= 11 is 0. The van der Waals surface area contributed by atoms with Crippen LogP contribution >= 0.6 is 0 Å². The third-order valence-corrected chi connectivity index (χ3v) is 0. The zero-order chi connectivity index (χ0) is 21.5. The molecular formula is N6O18TbY. The van der Waals surface area contributed by atoms with Gasteiger partial charge in [-0.3, -0.25) is 0 Å². The summed E-state index contributed by atoms with van der Waals surface area (Å²) in [4.78, 5) is 49.5. The van der Waals surface area contributed by atoms with Crippen molar-refractivity contribution in [1.82, 2.24) is 0 Å². The molecule has 150 valence electrons. The van der Waals surface area contributed by atoms with Crippen LogP contribution in [0.25, 0.3) is 0 Å². The van der Waals surface area contributed by atoms with Crippen LogP contribution in [0, 0.1) is 131 Å². The fourth-order valence-electron chi connectivity index (χ4n) is 0. The predicted molar refractivity (Wildman–Crippen MR) is 62.2 cm³/mol. The molecule has 0 fully saturated rings. The molecule has 0 atom stereocenters. The van der Waals surface area contributed by atoms with Gasteiger partial charge in [0, 0.05) is 0 Å². The van der Waals surface area contributed by atoms with E-state index in [1.807, 2.05) is 0 Å². The average molecular weight is 620 g/mol. The van der Waals surface area contributed by atoms with Crippen LogP contribution in [0.2, 0.25) is 0 Å². The van der Waals surface area contributed by atoms with Crippen molar-refractivity contribution >= 4 is 0 Å². The Bertz CT molecular complexity index is 263. The Hall–Kier alpha value is -2.41. The molecule has 0 saturated carbocycles. The molecule has 0 heterocycles. The molecule has 0 bridgehead atoms. The standard InChI is InChI=1S/6NO3.Tb.Y/c6*2-1(3)4;;/q6*-1;2*+3. The second-order valence-corrected chi connectivity index (χ2v) is 1.34. The minimum Gasteiger partial charge on any atom is -0.356 e. The van der Waals surface area contributed by atoms with E-state index in [9.17, 15) is 0 Å². The SMILES string of the molecule is O=[N+]([O-])[O-].O=[N+]([O-])[O-].O=[N+]([O-])[O-].O=[N+]([O-])[O-].O=[N+]([O-])[O-].O=[N+]([O-])[O-].[Tb+3].[Y+3]. The first-order chi connectivity index (χ1) is 10.4. The van der Waals surface area contributed by atoms with Crippen molar-refractivity contribution in [3.8, 4) is 0 Å². The minimum atomic E-state index is -1.75. The van der Waals surface area contributed by atoms with E-state index in [1.165, 1.54) is 0 Å². The Morgan fingerprint density at radius 3 is 0.308 bits per heavy atom. The van der Waals surface area contributed by atoms with Crippen LogP contribution < -0.4 is 0 Å². The van der Waals surface area contributed by atoms with E-state index < -0.39 is 30.5 Å². The van der Waals surface area contributed by atoms with Gasteiger partial charge in [-0.15, -0.1) is 0 Å². The maximum absolute atomic E-state index is 8.25. The van der Waals surface area contributed by atoms with E-state index >= 15 is 0 Å². The third kappa shape index (κ3) is 1580. The Balaban J connectivity index is -0.0000000245. The predicted octanol–water partition coefficient (Wildman–Crippen LogP) is -1.44. The van der Waals surface area contributed by atoms with Crippen LogP contribution in [0.3, 0.4) is 0 Å². The maximum atomic E-state index is 8.25. The number of nitrogens with zero attached hydrogens (tertiary/aromatic N) is 6. The van der Waals surface area contributed by atoms with Crippen molar-refractivity contribution in [2.24, 2.45) is 0 Å². The second kappa shape index (κ2) is 43.3. The molecule has 0 aromatic carbocycles. The van der Waals surface area contributed by atoms with Crippen LogP contribution in [-0.2, 0) is 32.7 Å². The van der Waals surface area contributed by atoms with Crippen molar-refractivity contribution in [1.29, 1.82) is 0 Å². The van der Waals surface area contributed by atoms with Crippen molar-refractivity contribution < 1.29 is 102 Å². The molecule has 0 aromatic rings. The quantitative estimate of drug-likeness (QED) is 0.221. The summed E-state index contributed by atoms with van der Waals surface area (Å²) in [5.41, 5.74) is 0. The van der Waals surface area contributed by atoms with Crippen LogP contribution in [-0.4, -0.2) is 30.5 Å². The van der Waals surface area contributed by atoms with Gasteiger partial charge in [0.15, 0.2) is 0 Å². The average Bonchev–Trinajstić information content (AvgIpc) is 2.08. The van der Waals surface area contributed by atoms with E-state index in [-0.39, 0.29) is 71.3 Å². The second-order valence-electron chi connectivity index (χ2n) is 1.34.